The van der Waals surface area contributed by atoms with Crippen molar-refractivity contribution in [2.45, 2.75) is 51.7 Å². The van der Waals surface area contributed by atoms with Gasteiger partial charge in [0.15, 0.2) is 0 Å². The van der Waals surface area contributed by atoms with Crippen LogP contribution in [-0.4, -0.2) is 41.4 Å². The summed E-state index contributed by atoms with van der Waals surface area (Å²) in [6, 6.07) is 8.29. The molecule has 1 saturated heterocycles. The van der Waals surface area contributed by atoms with Crippen molar-refractivity contribution < 1.29 is 18.8 Å². The zero-order valence-electron chi connectivity index (χ0n) is 18.1. The molecule has 0 N–H and O–H groups in total. The second-order valence-corrected chi connectivity index (χ2v) is 8.18. The van der Waals surface area contributed by atoms with E-state index < -0.39 is 0 Å². The van der Waals surface area contributed by atoms with Crippen molar-refractivity contribution in [3.05, 3.63) is 47.5 Å². The molecule has 3 heterocycles. The number of hydrogen-bond acceptors (Lipinski definition) is 6. The van der Waals surface area contributed by atoms with E-state index in [1.807, 2.05) is 22.8 Å². The van der Waals surface area contributed by atoms with Gasteiger partial charge in [-0.15, -0.1) is 0 Å². The molecule has 2 aromatic heterocycles. The molecule has 0 radical (unpaired) electrons. The van der Waals surface area contributed by atoms with E-state index in [-0.39, 0.29) is 18.6 Å². The molecule has 0 bridgehead atoms. The van der Waals surface area contributed by atoms with Gasteiger partial charge in [-0.25, -0.2) is 0 Å². The summed E-state index contributed by atoms with van der Waals surface area (Å²) in [7, 11) is 3.08. The van der Waals surface area contributed by atoms with Crippen LogP contribution in [0.4, 0.5) is 0 Å². The van der Waals surface area contributed by atoms with E-state index in [1.165, 1.54) is 7.11 Å². The minimum Gasteiger partial charge on any atom is -0.497 e. The molecule has 0 spiro atoms. The molecule has 1 aromatic carbocycles. The number of methoxy groups -OCH3 is 2. The smallest absolute Gasteiger partial charge is 0.325 e. The number of nitrogens with zero attached hydrogens (tertiary/aromatic N) is 3. The summed E-state index contributed by atoms with van der Waals surface area (Å²) in [6.07, 6.45) is 4.24. The number of esters is 1. The molecule has 30 heavy (non-hydrogen) atoms. The summed E-state index contributed by atoms with van der Waals surface area (Å²) >= 11 is 0. The number of aromatic nitrogens is 2. The van der Waals surface area contributed by atoms with Crippen LogP contribution < -0.4 is 4.74 Å². The van der Waals surface area contributed by atoms with Crippen LogP contribution in [0, 0.1) is 0 Å². The second-order valence-electron chi connectivity index (χ2n) is 8.18. The Morgan fingerprint density at radius 1 is 1.30 bits per heavy atom. The van der Waals surface area contributed by atoms with Gasteiger partial charge >= 0.3 is 5.97 Å². The Morgan fingerprint density at radius 3 is 2.83 bits per heavy atom. The van der Waals surface area contributed by atoms with Crippen molar-refractivity contribution in [2.24, 2.45) is 0 Å². The number of rotatable bonds is 7. The number of carbonyl (C=O) groups excluding carboxylic acids is 1. The molecule has 0 unspecified atom stereocenters. The number of carbonyl (C=O) groups is 1. The molecule has 7 nitrogen and oxygen atoms in total. The average Bonchev–Trinajstić information content (AvgIpc) is 3.47. The van der Waals surface area contributed by atoms with Gasteiger partial charge in [0.05, 0.1) is 20.3 Å². The monoisotopic (exact) mass is 411 g/mol. The number of benzene rings is 1. The van der Waals surface area contributed by atoms with Crippen LogP contribution in [0.25, 0.3) is 10.9 Å². The molecule has 0 amide bonds. The maximum absolute atomic E-state index is 11.9. The van der Waals surface area contributed by atoms with Gasteiger partial charge in [-0.2, -0.15) is 0 Å². The van der Waals surface area contributed by atoms with Gasteiger partial charge < -0.3 is 18.6 Å². The third kappa shape index (κ3) is 3.94. The highest BCUT2D eigenvalue weighted by Crippen LogP contribution is 2.35. The molecule has 3 aromatic rings. The summed E-state index contributed by atoms with van der Waals surface area (Å²) in [5.74, 6) is 1.79. The van der Waals surface area contributed by atoms with E-state index in [0.29, 0.717) is 5.92 Å². The van der Waals surface area contributed by atoms with Crippen molar-refractivity contribution in [2.75, 3.05) is 20.8 Å². The maximum Gasteiger partial charge on any atom is 0.325 e. The van der Waals surface area contributed by atoms with Gasteiger partial charge in [-0.3, -0.25) is 9.69 Å². The van der Waals surface area contributed by atoms with E-state index in [1.54, 1.807) is 7.11 Å². The molecule has 0 saturated carbocycles. The Bertz CT molecular complexity index is 1040. The Hall–Kier alpha value is -2.80. The van der Waals surface area contributed by atoms with Gasteiger partial charge in [-0.05, 0) is 43.1 Å². The van der Waals surface area contributed by atoms with Crippen LogP contribution in [0.15, 0.2) is 35.0 Å². The predicted octanol–water partition coefficient (Wildman–Crippen LogP) is 4.27. The Balaban J connectivity index is 1.65. The molecular formula is C23H29N3O4. The first kappa shape index (κ1) is 20.5. The first-order valence-corrected chi connectivity index (χ1v) is 10.4. The standard InChI is InChI=1S/C23H29N3O4/c1-15(2)22-11-19(24-30-22)21-6-5-9-25(21)12-16-13-26(14-23(27)29-4)20-8-7-17(28-3)10-18(16)20/h7-8,10-11,13,15,21H,5-6,9,12,14H2,1-4H3/t21-/m1/s1. The Morgan fingerprint density at radius 2 is 2.13 bits per heavy atom. The summed E-state index contributed by atoms with van der Waals surface area (Å²) in [4.78, 5) is 14.3. The average molecular weight is 412 g/mol. The molecule has 0 aliphatic carbocycles. The molecule has 1 fully saturated rings. The lowest BCUT2D eigenvalue weighted by molar-refractivity contribution is -0.141. The van der Waals surface area contributed by atoms with Crippen LogP contribution in [0.5, 0.6) is 5.75 Å². The van der Waals surface area contributed by atoms with Crippen LogP contribution in [0.3, 0.4) is 0 Å². The lowest BCUT2D eigenvalue weighted by atomic mass is 10.1. The minimum absolute atomic E-state index is 0.184. The zero-order valence-corrected chi connectivity index (χ0v) is 18.1. The SMILES string of the molecule is COC(=O)Cn1cc(CN2CCC[C@@H]2c2cc(C(C)C)on2)c2cc(OC)ccc21. The fourth-order valence-corrected chi connectivity index (χ4v) is 4.24. The molecule has 1 atom stereocenters. The summed E-state index contributed by atoms with van der Waals surface area (Å²) in [5.41, 5.74) is 3.16. The number of fused-ring (bicyclic) bond motifs is 1. The molecule has 160 valence electrons. The highest BCUT2D eigenvalue weighted by atomic mass is 16.5. The normalized spacial score (nSPS) is 17.2. The topological polar surface area (TPSA) is 69.7 Å². The van der Waals surface area contributed by atoms with Gasteiger partial charge in [0.2, 0.25) is 0 Å². The van der Waals surface area contributed by atoms with Gasteiger partial charge in [0, 0.05) is 35.6 Å². The molecular weight excluding hydrogens is 382 g/mol. The Labute approximate surface area is 176 Å². The van der Waals surface area contributed by atoms with Crippen molar-refractivity contribution >= 4 is 16.9 Å². The largest absolute Gasteiger partial charge is 0.497 e. The van der Waals surface area contributed by atoms with Crippen molar-refractivity contribution in [3.8, 4) is 5.75 Å². The molecule has 1 aliphatic rings. The van der Waals surface area contributed by atoms with Crippen molar-refractivity contribution in [1.82, 2.24) is 14.6 Å². The van der Waals surface area contributed by atoms with E-state index >= 15 is 0 Å². The number of ether oxygens (including phenoxy) is 2. The third-order valence-corrected chi connectivity index (χ3v) is 5.89. The summed E-state index contributed by atoms with van der Waals surface area (Å²) < 4.78 is 17.8. The van der Waals surface area contributed by atoms with Crippen LogP contribution in [-0.2, 0) is 22.6 Å². The predicted molar refractivity (Wildman–Crippen MR) is 113 cm³/mol. The number of hydrogen-bond donors (Lipinski definition) is 0. The fourth-order valence-electron chi connectivity index (χ4n) is 4.24. The molecule has 4 rings (SSSR count). The fraction of sp³-hybridized carbons (Fsp3) is 0.478. The lowest BCUT2D eigenvalue weighted by Crippen LogP contribution is -2.23. The van der Waals surface area contributed by atoms with Crippen LogP contribution in [0.2, 0.25) is 0 Å². The first-order chi connectivity index (χ1) is 14.5. The van der Waals surface area contributed by atoms with Crippen LogP contribution >= 0.6 is 0 Å². The summed E-state index contributed by atoms with van der Waals surface area (Å²) in [6.45, 7) is 6.18. The third-order valence-electron chi connectivity index (χ3n) is 5.89. The Kier molecular flexibility index (Phi) is 5.81. The van der Waals surface area contributed by atoms with Crippen molar-refractivity contribution in [3.63, 3.8) is 0 Å². The van der Waals surface area contributed by atoms with Gasteiger partial charge in [0.25, 0.3) is 0 Å². The highest BCUT2D eigenvalue weighted by Gasteiger charge is 2.30. The summed E-state index contributed by atoms with van der Waals surface area (Å²) in [5, 5.41) is 5.44. The minimum atomic E-state index is -0.267. The first-order valence-electron chi connectivity index (χ1n) is 10.4. The van der Waals surface area contributed by atoms with Crippen molar-refractivity contribution in [1.29, 1.82) is 0 Å². The van der Waals surface area contributed by atoms with Gasteiger partial charge in [0.1, 0.15) is 23.7 Å². The van der Waals surface area contributed by atoms with E-state index in [9.17, 15) is 4.79 Å². The molecule has 7 heteroatoms. The number of likely N-dealkylation sites (tertiary alicyclic amines) is 1. The zero-order chi connectivity index (χ0) is 21.3. The van der Waals surface area contributed by atoms with E-state index in [4.69, 9.17) is 14.0 Å². The molecule has 1 aliphatic heterocycles. The van der Waals surface area contributed by atoms with Crippen LogP contribution in [0.1, 0.15) is 55.7 Å². The van der Waals surface area contributed by atoms with E-state index in [2.05, 4.69) is 36.2 Å². The highest BCUT2D eigenvalue weighted by molar-refractivity contribution is 5.86. The van der Waals surface area contributed by atoms with E-state index in [0.717, 1.165) is 59.6 Å². The lowest BCUT2D eigenvalue weighted by Gasteiger charge is -2.22. The maximum atomic E-state index is 11.9. The quantitative estimate of drug-likeness (QED) is 0.541. The van der Waals surface area contributed by atoms with Gasteiger partial charge in [-0.1, -0.05) is 19.0 Å². The second kappa shape index (κ2) is 8.52.